The van der Waals surface area contributed by atoms with Gasteiger partial charge in [0.2, 0.25) is 0 Å². The molecule has 0 aliphatic carbocycles. The zero-order valence-corrected chi connectivity index (χ0v) is 16.3. The summed E-state index contributed by atoms with van der Waals surface area (Å²) in [7, 11) is 0. The van der Waals surface area contributed by atoms with E-state index in [9.17, 15) is 13.2 Å². The molecule has 0 radical (unpaired) electrons. The van der Waals surface area contributed by atoms with E-state index in [4.69, 9.17) is 0 Å². The zero-order chi connectivity index (χ0) is 19.7. The van der Waals surface area contributed by atoms with E-state index in [0.29, 0.717) is 11.4 Å². The summed E-state index contributed by atoms with van der Waals surface area (Å²) in [5, 5.41) is 0. The number of halogens is 4. The molecule has 0 fully saturated rings. The summed E-state index contributed by atoms with van der Waals surface area (Å²) in [6.07, 6.45) is -0.0203. The number of aromatic nitrogens is 3. The Hall–Kier alpha value is -2.32. The number of fused-ring (bicyclic) bond motifs is 1. The van der Waals surface area contributed by atoms with Gasteiger partial charge in [0.25, 0.3) is 0 Å². The number of hydrogen-bond donors (Lipinski definition) is 0. The molecule has 0 unspecified atom stereocenters. The maximum absolute atomic E-state index is 12.7. The molecule has 1 aromatic carbocycles. The van der Waals surface area contributed by atoms with Crippen molar-refractivity contribution in [3.05, 3.63) is 75.8 Å². The van der Waals surface area contributed by atoms with Crippen LogP contribution in [0.15, 0.2) is 53.3 Å². The Morgan fingerprint density at radius 1 is 1.00 bits per heavy atom. The topological polar surface area (TPSA) is 41.9 Å². The van der Waals surface area contributed by atoms with E-state index in [0.717, 1.165) is 59.6 Å². The van der Waals surface area contributed by atoms with Crippen molar-refractivity contribution in [2.24, 2.45) is 0 Å². The molecule has 2 aromatic heterocycles. The Kier molecular flexibility index (Phi) is 5.16. The van der Waals surface area contributed by atoms with Crippen LogP contribution in [0.5, 0.6) is 0 Å². The van der Waals surface area contributed by atoms with Gasteiger partial charge < -0.3 is 0 Å². The van der Waals surface area contributed by atoms with Gasteiger partial charge in [-0.05, 0) is 40.2 Å². The van der Waals surface area contributed by atoms with Crippen LogP contribution in [0.1, 0.15) is 22.5 Å². The summed E-state index contributed by atoms with van der Waals surface area (Å²) in [5.74, 6) is 0.454. The second-order valence-corrected chi connectivity index (χ2v) is 7.58. The van der Waals surface area contributed by atoms with Crippen molar-refractivity contribution in [2.75, 3.05) is 6.54 Å². The molecule has 0 atom stereocenters. The Bertz CT molecular complexity index is 972. The highest BCUT2D eigenvalue weighted by Gasteiger charge is 2.30. The SMILES string of the molecule is FC(F)(F)c1ccc(-c2ncc3c(n2)CCN(Cc2ccc(Br)cn2)C3)cc1. The van der Waals surface area contributed by atoms with Crippen LogP contribution in [0.2, 0.25) is 0 Å². The molecular weight excluding hydrogens is 433 g/mol. The monoisotopic (exact) mass is 448 g/mol. The third-order valence-electron chi connectivity index (χ3n) is 4.66. The summed E-state index contributed by atoms with van der Waals surface area (Å²) in [6.45, 7) is 2.31. The van der Waals surface area contributed by atoms with E-state index < -0.39 is 11.7 Å². The molecule has 3 heterocycles. The summed E-state index contributed by atoms with van der Waals surface area (Å²) < 4.78 is 39.1. The van der Waals surface area contributed by atoms with Gasteiger partial charge in [-0.2, -0.15) is 13.2 Å². The molecule has 0 N–H and O–H groups in total. The van der Waals surface area contributed by atoms with E-state index >= 15 is 0 Å². The first-order chi connectivity index (χ1) is 13.4. The summed E-state index contributed by atoms with van der Waals surface area (Å²) in [4.78, 5) is 15.6. The molecular formula is C20H16BrF3N4. The van der Waals surface area contributed by atoms with Crippen molar-refractivity contribution in [2.45, 2.75) is 25.7 Å². The molecule has 0 spiro atoms. The molecule has 0 bridgehead atoms. The third kappa shape index (κ3) is 4.23. The van der Waals surface area contributed by atoms with Crippen molar-refractivity contribution in [3.8, 4) is 11.4 Å². The summed E-state index contributed by atoms with van der Waals surface area (Å²) in [5.41, 5.74) is 2.89. The van der Waals surface area contributed by atoms with Gasteiger partial charge in [-0.15, -0.1) is 0 Å². The van der Waals surface area contributed by atoms with Crippen LogP contribution in [-0.4, -0.2) is 26.4 Å². The van der Waals surface area contributed by atoms with Crippen LogP contribution in [-0.2, 0) is 25.7 Å². The second kappa shape index (κ2) is 7.60. The summed E-state index contributed by atoms with van der Waals surface area (Å²) >= 11 is 3.38. The minimum Gasteiger partial charge on any atom is -0.293 e. The Morgan fingerprint density at radius 3 is 2.46 bits per heavy atom. The maximum Gasteiger partial charge on any atom is 0.416 e. The van der Waals surface area contributed by atoms with Crippen LogP contribution in [0.4, 0.5) is 13.2 Å². The highest BCUT2D eigenvalue weighted by Crippen LogP contribution is 2.30. The van der Waals surface area contributed by atoms with Gasteiger partial charge in [-0.1, -0.05) is 12.1 Å². The van der Waals surface area contributed by atoms with Gasteiger partial charge in [-0.25, -0.2) is 9.97 Å². The Labute approximate surface area is 168 Å². The number of benzene rings is 1. The fraction of sp³-hybridized carbons (Fsp3) is 0.250. The average molecular weight is 449 g/mol. The fourth-order valence-electron chi connectivity index (χ4n) is 3.19. The fourth-order valence-corrected chi connectivity index (χ4v) is 3.42. The molecule has 1 aliphatic rings. The van der Waals surface area contributed by atoms with Gasteiger partial charge in [-0.3, -0.25) is 9.88 Å². The lowest BCUT2D eigenvalue weighted by Gasteiger charge is -2.27. The van der Waals surface area contributed by atoms with E-state index in [-0.39, 0.29) is 0 Å². The van der Waals surface area contributed by atoms with Crippen molar-refractivity contribution in [3.63, 3.8) is 0 Å². The molecule has 0 saturated carbocycles. The smallest absolute Gasteiger partial charge is 0.293 e. The molecule has 4 nitrogen and oxygen atoms in total. The van der Waals surface area contributed by atoms with Crippen LogP contribution in [0.3, 0.4) is 0 Å². The number of pyridine rings is 1. The molecule has 28 heavy (non-hydrogen) atoms. The van der Waals surface area contributed by atoms with E-state index in [1.165, 1.54) is 12.1 Å². The van der Waals surface area contributed by atoms with Crippen molar-refractivity contribution < 1.29 is 13.2 Å². The maximum atomic E-state index is 12.7. The predicted molar refractivity (Wildman–Crippen MR) is 102 cm³/mol. The molecule has 3 aromatic rings. The largest absolute Gasteiger partial charge is 0.416 e. The van der Waals surface area contributed by atoms with Gasteiger partial charge in [0.15, 0.2) is 5.82 Å². The van der Waals surface area contributed by atoms with Gasteiger partial charge in [0.1, 0.15) is 0 Å². The van der Waals surface area contributed by atoms with Gasteiger partial charge in [0.05, 0.1) is 17.0 Å². The van der Waals surface area contributed by atoms with E-state index in [1.807, 2.05) is 12.1 Å². The number of alkyl halides is 3. The Morgan fingerprint density at radius 2 is 1.79 bits per heavy atom. The lowest BCUT2D eigenvalue weighted by Crippen LogP contribution is -2.31. The van der Waals surface area contributed by atoms with Crippen LogP contribution in [0.25, 0.3) is 11.4 Å². The minimum atomic E-state index is -4.34. The van der Waals surface area contributed by atoms with Crippen molar-refractivity contribution >= 4 is 15.9 Å². The van der Waals surface area contributed by atoms with Crippen LogP contribution >= 0.6 is 15.9 Å². The third-order valence-corrected chi connectivity index (χ3v) is 5.13. The average Bonchev–Trinajstić information content (AvgIpc) is 2.69. The standard InChI is InChI=1S/C20H16BrF3N4/c21-16-5-6-17(25-10-16)12-28-8-7-18-14(11-28)9-26-19(27-18)13-1-3-15(4-2-13)20(22,23)24/h1-6,9-10H,7-8,11-12H2. The molecule has 144 valence electrons. The normalized spacial score (nSPS) is 14.7. The quantitative estimate of drug-likeness (QED) is 0.572. The van der Waals surface area contributed by atoms with Crippen LogP contribution in [0, 0.1) is 0 Å². The number of hydrogen-bond acceptors (Lipinski definition) is 4. The van der Waals surface area contributed by atoms with Gasteiger partial charge >= 0.3 is 6.18 Å². The number of nitrogens with zero attached hydrogens (tertiary/aromatic N) is 4. The minimum absolute atomic E-state index is 0.454. The highest BCUT2D eigenvalue weighted by molar-refractivity contribution is 9.10. The van der Waals surface area contributed by atoms with E-state index in [1.54, 1.807) is 12.4 Å². The van der Waals surface area contributed by atoms with Gasteiger partial charge in [0, 0.05) is 54.0 Å². The van der Waals surface area contributed by atoms with Crippen molar-refractivity contribution in [1.29, 1.82) is 0 Å². The second-order valence-electron chi connectivity index (χ2n) is 6.67. The first kappa shape index (κ1) is 19.0. The number of rotatable bonds is 3. The Balaban J connectivity index is 1.49. The highest BCUT2D eigenvalue weighted by atomic mass is 79.9. The van der Waals surface area contributed by atoms with Crippen LogP contribution < -0.4 is 0 Å². The molecule has 8 heteroatoms. The molecule has 0 saturated heterocycles. The lowest BCUT2D eigenvalue weighted by molar-refractivity contribution is -0.137. The van der Waals surface area contributed by atoms with E-state index in [2.05, 4.69) is 35.8 Å². The lowest BCUT2D eigenvalue weighted by atomic mass is 10.1. The van der Waals surface area contributed by atoms with Crippen molar-refractivity contribution in [1.82, 2.24) is 19.9 Å². The zero-order valence-electron chi connectivity index (χ0n) is 14.7. The first-order valence-electron chi connectivity index (χ1n) is 8.74. The molecule has 4 rings (SSSR count). The summed E-state index contributed by atoms with van der Waals surface area (Å²) in [6, 6.07) is 8.91. The predicted octanol–water partition coefficient (Wildman–Crippen LogP) is 4.88. The molecule has 1 aliphatic heterocycles. The first-order valence-corrected chi connectivity index (χ1v) is 9.53. The molecule has 0 amide bonds.